The summed E-state index contributed by atoms with van der Waals surface area (Å²) in [6.45, 7) is 8.04. The quantitative estimate of drug-likeness (QED) is 0.0165. The van der Waals surface area contributed by atoms with Gasteiger partial charge in [-0.25, -0.2) is 4.79 Å². The summed E-state index contributed by atoms with van der Waals surface area (Å²) in [6, 6.07) is -13.3. The second-order valence-corrected chi connectivity index (χ2v) is 24.5. The summed E-state index contributed by atoms with van der Waals surface area (Å²) < 4.78 is 0. The molecule has 2 saturated heterocycles. The van der Waals surface area contributed by atoms with Gasteiger partial charge in [-0.1, -0.05) is 46.2 Å². The number of amides is 12. The molecule has 0 saturated carbocycles. The van der Waals surface area contributed by atoms with Gasteiger partial charge in [0.2, 0.25) is 70.9 Å². The standard InChI is InChI=1S/C60H98N16O20/c1-8-29(4)44(71-51(87)38(68-48(84)35(61)26-77)25-33-15-17-34(82)18-16-33)54(90)67-37(19-20-43(62)83)49(85)66-36(12-9-21-65-60(63)64)50(86)74-47(32(7)81)58(94)75-22-10-13-41(75)53(89)70-40(27-78)52(88)72-46(31(6)80)56(92)73-45(30(5)79)55(91)69-39(24-28(2)3)57(93)76-23-11-14-42(76)59(95)96/h15-18,28-32,35-42,44-47,77-82H,8-14,19-27,61H2,1-7H3,(H2,62,83)(H,66,85)(H,67,90)(H,68,84)(H,69,91)(H,70,89)(H,71,87)(H,72,88)(H,73,92)(H,74,86)(H,95,96)(H4,63,64,65)/t29-,30+,31+,32+,35-,36-,37-,38-,39-,40-,41-,42-,44-,45-,46-,47-/m0/s1. The molecule has 0 bridgehead atoms. The lowest BCUT2D eigenvalue weighted by Crippen LogP contribution is -2.64. The lowest BCUT2D eigenvalue weighted by atomic mass is 9.96. The molecule has 12 amide bonds. The first-order valence-corrected chi connectivity index (χ1v) is 31.8. The van der Waals surface area contributed by atoms with Crippen molar-refractivity contribution in [1.29, 1.82) is 0 Å². The first-order chi connectivity index (χ1) is 45.1. The number of nitrogens with one attached hydrogen (secondary N) is 9. The maximum atomic E-state index is 14.4. The first kappa shape index (κ1) is 81.4. The molecule has 0 aromatic heterocycles. The first-order valence-electron chi connectivity index (χ1n) is 31.8. The predicted octanol–water partition coefficient (Wildman–Crippen LogP) is -7.77. The fraction of sp³-hybridized carbons (Fsp3) is 0.667. The number of guanidine groups is 1. The molecule has 0 aliphatic carbocycles. The number of hydrogen-bond donors (Lipinski definition) is 20. The van der Waals surface area contributed by atoms with Gasteiger partial charge in [0.25, 0.3) is 0 Å². The second kappa shape index (κ2) is 39.3. The Balaban J connectivity index is 1.85. The number of hydrogen-bond acceptors (Lipinski definition) is 21. The molecular weight excluding hydrogens is 1260 g/mol. The second-order valence-electron chi connectivity index (χ2n) is 24.5. The van der Waals surface area contributed by atoms with E-state index in [1.807, 2.05) is 0 Å². The fourth-order valence-electron chi connectivity index (χ4n) is 10.6. The van der Waals surface area contributed by atoms with Crippen LogP contribution in [0.2, 0.25) is 0 Å². The molecular formula is C60H98N16O20. The molecule has 36 heteroatoms. The number of carbonyl (C=O) groups is 13. The Morgan fingerprint density at radius 2 is 1.01 bits per heavy atom. The fourth-order valence-corrected chi connectivity index (χ4v) is 10.6. The number of aliphatic imine (C=N–C) groups is 1. The molecule has 538 valence electrons. The molecule has 1 aromatic rings. The van der Waals surface area contributed by atoms with Crippen LogP contribution >= 0.6 is 0 Å². The van der Waals surface area contributed by atoms with Crippen molar-refractivity contribution in [3.63, 3.8) is 0 Å². The largest absolute Gasteiger partial charge is 0.508 e. The van der Waals surface area contributed by atoms with Gasteiger partial charge in [-0.2, -0.15) is 0 Å². The SMILES string of the molecule is CC[C@H](C)[C@H](NC(=O)[C@H](Cc1ccc(O)cc1)NC(=O)[C@@H](N)CO)C(=O)N[C@@H](CCC(N)=O)C(=O)N[C@@H](CCCN=C(N)N)C(=O)N[C@H](C(=O)N1CCC[C@H]1C(=O)N[C@@H](CO)C(=O)N[C@H](C(=O)N[C@H](C(=O)N[C@@H](CC(C)C)C(=O)N1CCC[C@H]1C(=O)O)[C@@H](C)O)[C@@H](C)O)[C@@H](C)O. The van der Waals surface area contributed by atoms with Gasteiger partial charge in [-0.15, -0.1) is 0 Å². The van der Waals surface area contributed by atoms with Gasteiger partial charge < -0.3 is 116 Å². The van der Waals surface area contributed by atoms with Crippen LogP contribution in [0.1, 0.15) is 118 Å². The Morgan fingerprint density at radius 1 is 0.552 bits per heavy atom. The van der Waals surface area contributed by atoms with E-state index in [1.165, 1.54) is 24.3 Å². The molecule has 2 aliphatic heterocycles. The van der Waals surface area contributed by atoms with Gasteiger partial charge in [-0.3, -0.25) is 62.5 Å². The molecule has 3 rings (SSSR count). The van der Waals surface area contributed by atoms with Crippen LogP contribution in [0.5, 0.6) is 5.75 Å². The smallest absolute Gasteiger partial charge is 0.326 e. The van der Waals surface area contributed by atoms with Crippen molar-refractivity contribution in [2.24, 2.45) is 39.8 Å². The van der Waals surface area contributed by atoms with E-state index in [-0.39, 0.29) is 88.6 Å². The third-order valence-electron chi connectivity index (χ3n) is 16.2. The van der Waals surface area contributed by atoms with Crippen LogP contribution in [-0.4, -0.2) is 252 Å². The van der Waals surface area contributed by atoms with Crippen molar-refractivity contribution in [1.82, 2.24) is 57.7 Å². The number of benzene rings is 1. The number of carbonyl (C=O) groups excluding carboxylic acids is 12. The maximum absolute atomic E-state index is 14.4. The van der Waals surface area contributed by atoms with Crippen LogP contribution in [-0.2, 0) is 68.7 Å². The van der Waals surface area contributed by atoms with E-state index in [4.69, 9.17) is 22.9 Å². The third kappa shape index (κ3) is 25.1. The molecule has 2 fully saturated rings. The van der Waals surface area contributed by atoms with Gasteiger partial charge in [-0.05, 0) is 102 Å². The summed E-state index contributed by atoms with van der Waals surface area (Å²) in [6.07, 6.45) is -5.62. The summed E-state index contributed by atoms with van der Waals surface area (Å²) in [5.74, 6) is -14.8. The molecule has 1 aromatic carbocycles. The van der Waals surface area contributed by atoms with Gasteiger partial charge in [0.1, 0.15) is 78.3 Å². The summed E-state index contributed by atoms with van der Waals surface area (Å²) in [7, 11) is 0. The average molecular weight is 1360 g/mol. The van der Waals surface area contributed by atoms with Crippen LogP contribution in [0.4, 0.5) is 0 Å². The molecule has 2 heterocycles. The Kier molecular flexibility index (Phi) is 33.3. The number of aromatic hydroxyl groups is 1. The van der Waals surface area contributed by atoms with Gasteiger partial charge in [0.05, 0.1) is 31.5 Å². The normalized spacial score (nSPS) is 18.9. The number of aliphatic carboxylic acids is 1. The molecule has 96 heavy (non-hydrogen) atoms. The number of aliphatic hydroxyl groups excluding tert-OH is 5. The average Bonchev–Trinajstić information content (AvgIpc) is 1.58. The number of likely N-dealkylation sites (tertiary alicyclic amines) is 2. The number of phenolic OH excluding ortho intramolecular Hbond substituents is 1. The molecule has 0 spiro atoms. The zero-order valence-corrected chi connectivity index (χ0v) is 55.0. The predicted molar refractivity (Wildman–Crippen MR) is 341 cm³/mol. The van der Waals surface area contributed by atoms with E-state index in [2.05, 4.69) is 52.8 Å². The van der Waals surface area contributed by atoms with E-state index >= 15 is 0 Å². The van der Waals surface area contributed by atoms with Crippen molar-refractivity contribution < 1.29 is 98.1 Å². The minimum Gasteiger partial charge on any atom is -0.508 e. The van der Waals surface area contributed by atoms with Crippen molar-refractivity contribution in [3.8, 4) is 5.75 Å². The van der Waals surface area contributed by atoms with Crippen LogP contribution in [0, 0.1) is 11.8 Å². The van der Waals surface area contributed by atoms with E-state index in [0.29, 0.717) is 12.0 Å². The zero-order chi connectivity index (χ0) is 72.4. The highest BCUT2D eigenvalue weighted by molar-refractivity contribution is 6.00. The Bertz CT molecular complexity index is 2900. The van der Waals surface area contributed by atoms with Crippen LogP contribution in [0.3, 0.4) is 0 Å². The molecule has 2 aliphatic rings. The highest BCUT2D eigenvalue weighted by atomic mass is 16.4. The number of rotatable bonds is 39. The lowest BCUT2D eigenvalue weighted by Gasteiger charge is -2.32. The highest BCUT2D eigenvalue weighted by Crippen LogP contribution is 2.23. The van der Waals surface area contributed by atoms with E-state index in [9.17, 15) is 98.1 Å². The molecule has 36 nitrogen and oxygen atoms in total. The zero-order valence-electron chi connectivity index (χ0n) is 55.0. The van der Waals surface area contributed by atoms with Crippen LogP contribution < -0.4 is 70.8 Å². The molecule has 0 unspecified atom stereocenters. The van der Waals surface area contributed by atoms with Gasteiger partial charge >= 0.3 is 5.97 Å². The lowest BCUT2D eigenvalue weighted by molar-refractivity contribution is -0.149. The summed E-state index contributed by atoms with van der Waals surface area (Å²) in [5, 5.41) is 93.6. The minimum atomic E-state index is -1.93. The van der Waals surface area contributed by atoms with Crippen LogP contribution in [0.25, 0.3) is 0 Å². The molecule has 24 N–H and O–H groups in total. The number of carboxylic acids is 1. The third-order valence-corrected chi connectivity index (χ3v) is 16.2. The van der Waals surface area contributed by atoms with Gasteiger partial charge in [0, 0.05) is 32.5 Å². The van der Waals surface area contributed by atoms with E-state index in [1.54, 1.807) is 27.7 Å². The molecule has 0 radical (unpaired) electrons. The summed E-state index contributed by atoms with van der Waals surface area (Å²) >= 11 is 0. The van der Waals surface area contributed by atoms with Crippen LogP contribution in [0.15, 0.2) is 29.3 Å². The monoisotopic (exact) mass is 1360 g/mol. The number of phenols is 1. The van der Waals surface area contributed by atoms with Crippen molar-refractivity contribution >= 4 is 82.8 Å². The Morgan fingerprint density at radius 3 is 1.53 bits per heavy atom. The molecule has 16 atom stereocenters. The maximum Gasteiger partial charge on any atom is 0.326 e. The number of aliphatic hydroxyl groups is 5. The van der Waals surface area contributed by atoms with E-state index in [0.717, 1.165) is 30.6 Å². The number of primary amides is 1. The Hall–Kier alpha value is -8.84. The van der Waals surface area contributed by atoms with Crippen molar-refractivity contribution in [2.45, 2.75) is 210 Å². The number of nitrogens with zero attached hydrogens (tertiary/aromatic N) is 3. The Labute approximate surface area is 555 Å². The van der Waals surface area contributed by atoms with Crippen molar-refractivity contribution in [3.05, 3.63) is 29.8 Å². The minimum absolute atomic E-state index is 0.0223. The topological polar surface area (TPSA) is 595 Å². The number of nitrogens with two attached hydrogens (primary N) is 4. The van der Waals surface area contributed by atoms with Crippen molar-refractivity contribution in [2.75, 3.05) is 32.8 Å². The number of carboxylic acid groups (broad SMARTS) is 1. The summed E-state index contributed by atoms with van der Waals surface area (Å²) in [4.78, 5) is 183. The van der Waals surface area contributed by atoms with E-state index < -0.39 is 200 Å². The highest BCUT2D eigenvalue weighted by Gasteiger charge is 2.44. The summed E-state index contributed by atoms with van der Waals surface area (Å²) in [5.41, 5.74) is 22.7. The van der Waals surface area contributed by atoms with Gasteiger partial charge in [0.15, 0.2) is 5.96 Å².